The lowest BCUT2D eigenvalue weighted by Crippen LogP contribution is -2.38. The first-order valence-electron chi connectivity index (χ1n) is 11.4. The number of nitrogens with one attached hydrogen (secondary N) is 1. The van der Waals surface area contributed by atoms with Crippen molar-refractivity contribution in [3.05, 3.63) is 78.1 Å². The topological polar surface area (TPSA) is 82.6 Å². The van der Waals surface area contributed by atoms with Crippen LogP contribution < -0.4 is 14.8 Å². The van der Waals surface area contributed by atoms with E-state index in [0.29, 0.717) is 47.2 Å². The van der Waals surface area contributed by atoms with E-state index in [4.69, 9.17) is 14.2 Å². The average Bonchev–Trinajstić information content (AvgIpc) is 2.85. The zero-order chi connectivity index (χ0) is 26.0. The van der Waals surface area contributed by atoms with Crippen molar-refractivity contribution in [3.8, 4) is 22.8 Å². The smallest absolute Gasteiger partial charge is 0.416 e. The van der Waals surface area contributed by atoms with Gasteiger partial charge in [-0.3, -0.25) is 4.79 Å². The fourth-order valence-electron chi connectivity index (χ4n) is 3.92. The number of amides is 1. The van der Waals surface area contributed by atoms with Crippen LogP contribution in [0.5, 0.6) is 11.5 Å². The maximum atomic E-state index is 12.7. The highest BCUT2D eigenvalue weighted by molar-refractivity contribution is 5.95. The average molecular weight is 509 g/mol. The van der Waals surface area contributed by atoms with Gasteiger partial charge < -0.3 is 19.5 Å². The minimum Gasteiger partial charge on any atom is -0.493 e. The molecule has 4 aromatic rings. The summed E-state index contributed by atoms with van der Waals surface area (Å²) >= 11 is 0. The molecule has 3 aromatic carbocycles. The van der Waals surface area contributed by atoms with E-state index in [1.54, 1.807) is 25.3 Å². The highest BCUT2D eigenvalue weighted by Gasteiger charge is 2.30. The van der Waals surface area contributed by atoms with E-state index >= 15 is 0 Å². The van der Waals surface area contributed by atoms with Gasteiger partial charge in [0.15, 0.2) is 11.5 Å². The molecule has 0 spiro atoms. The third-order valence-corrected chi connectivity index (χ3v) is 5.91. The van der Waals surface area contributed by atoms with Crippen molar-refractivity contribution in [1.29, 1.82) is 0 Å². The number of hydrogen-bond donors (Lipinski definition) is 1. The van der Waals surface area contributed by atoms with Crippen LogP contribution in [-0.2, 0) is 22.1 Å². The molecule has 1 amide bonds. The Balaban J connectivity index is 1.32. The first kappa shape index (κ1) is 24.5. The molecule has 1 aliphatic heterocycles. The molecule has 10 heteroatoms. The minimum atomic E-state index is -4.41. The van der Waals surface area contributed by atoms with Crippen LogP contribution in [0.3, 0.4) is 0 Å². The summed E-state index contributed by atoms with van der Waals surface area (Å²) in [7, 11) is 1.57. The number of carbonyl (C=O) groups excluding carboxylic acids is 1. The normalized spacial score (nSPS) is 13.7. The Labute approximate surface area is 210 Å². The van der Waals surface area contributed by atoms with Crippen molar-refractivity contribution in [3.63, 3.8) is 0 Å². The monoisotopic (exact) mass is 509 g/mol. The molecule has 0 unspecified atom stereocenters. The molecule has 7 nitrogen and oxygen atoms in total. The van der Waals surface area contributed by atoms with Crippen molar-refractivity contribution in [2.45, 2.75) is 18.7 Å². The van der Waals surface area contributed by atoms with Crippen LogP contribution in [-0.4, -0.2) is 42.3 Å². The summed E-state index contributed by atoms with van der Waals surface area (Å²) in [4.78, 5) is 21.2. The lowest BCUT2D eigenvalue weighted by molar-refractivity contribution is -0.137. The lowest BCUT2D eigenvalue weighted by atomic mass is 10.1. The van der Waals surface area contributed by atoms with E-state index in [0.717, 1.165) is 23.1 Å². The summed E-state index contributed by atoms with van der Waals surface area (Å²) in [6.45, 7) is 1.04. The van der Waals surface area contributed by atoms with Crippen molar-refractivity contribution < 1.29 is 32.2 Å². The molecule has 0 aliphatic carbocycles. The molecule has 1 N–H and O–H groups in total. The van der Waals surface area contributed by atoms with Gasteiger partial charge in [0.05, 0.1) is 43.5 Å². The Hall–Kier alpha value is -4.18. The van der Waals surface area contributed by atoms with E-state index in [-0.39, 0.29) is 18.4 Å². The molecule has 1 saturated heterocycles. The number of fused-ring (bicyclic) bond motifs is 1. The van der Waals surface area contributed by atoms with Crippen LogP contribution in [0.25, 0.3) is 22.2 Å². The summed E-state index contributed by atoms with van der Waals surface area (Å²) in [5, 5.41) is 3.54. The highest BCUT2D eigenvalue weighted by atomic mass is 19.4. The van der Waals surface area contributed by atoms with Crippen LogP contribution in [0, 0.1) is 0 Å². The Bertz CT molecular complexity index is 1420. The number of anilines is 1. The zero-order valence-electron chi connectivity index (χ0n) is 19.7. The summed E-state index contributed by atoms with van der Waals surface area (Å²) < 4.78 is 54.8. The van der Waals surface area contributed by atoms with Gasteiger partial charge >= 0.3 is 6.18 Å². The fourth-order valence-corrected chi connectivity index (χ4v) is 3.92. The number of ether oxygens (including phenoxy) is 3. The quantitative estimate of drug-likeness (QED) is 0.365. The predicted molar refractivity (Wildman–Crippen MR) is 131 cm³/mol. The Morgan fingerprint density at radius 1 is 1.03 bits per heavy atom. The number of benzene rings is 3. The third kappa shape index (κ3) is 5.49. The first-order chi connectivity index (χ1) is 17.8. The SMILES string of the molecule is COc1cc2ncnc(-c3ccc(NC(=O)Cc4ccc(C(F)(F)F)cc4)cc3)c2cc1OC1COC1. The molecule has 190 valence electrons. The second-order valence-corrected chi connectivity index (χ2v) is 8.52. The van der Waals surface area contributed by atoms with Crippen molar-refractivity contribution in [2.24, 2.45) is 0 Å². The van der Waals surface area contributed by atoms with Crippen LogP contribution >= 0.6 is 0 Å². The van der Waals surface area contributed by atoms with Crippen LogP contribution in [0.4, 0.5) is 18.9 Å². The Morgan fingerprint density at radius 2 is 1.76 bits per heavy atom. The van der Waals surface area contributed by atoms with E-state index < -0.39 is 11.7 Å². The van der Waals surface area contributed by atoms with Gasteiger partial charge in [-0.2, -0.15) is 13.2 Å². The maximum absolute atomic E-state index is 12.7. The van der Waals surface area contributed by atoms with Gasteiger partial charge in [-0.25, -0.2) is 9.97 Å². The number of carbonyl (C=O) groups is 1. The minimum absolute atomic E-state index is 0.0371. The summed E-state index contributed by atoms with van der Waals surface area (Å²) in [6, 6.07) is 15.3. The molecule has 37 heavy (non-hydrogen) atoms. The van der Waals surface area contributed by atoms with Gasteiger partial charge in [0.2, 0.25) is 5.91 Å². The fraction of sp³-hybridized carbons (Fsp3) is 0.222. The third-order valence-electron chi connectivity index (χ3n) is 5.91. The number of alkyl halides is 3. The van der Waals surface area contributed by atoms with E-state index in [9.17, 15) is 18.0 Å². The van der Waals surface area contributed by atoms with E-state index in [2.05, 4.69) is 15.3 Å². The largest absolute Gasteiger partial charge is 0.493 e. The number of aromatic nitrogens is 2. The van der Waals surface area contributed by atoms with E-state index in [1.807, 2.05) is 18.2 Å². The van der Waals surface area contributed by atoms with Crippen LogP contribution in [0.2, 0.25) is 0 Å². The van der Waals surface area contributed by atoms with Gasteiger partial charge in [0, 0.05) is 22.7 Å². The van der Waals surface area contributed by atoms with Gasteiger partial charge in [0.1, 0.15) is 12.4 Å². The molecule has 0 atom stereocenters. The summed E-state index contributed by atoms with van der Waals surface area (Å²) in [6.07, 6.45) is -3.03. The molecule has 0 radical (unpaired) electrons. The molecular weight excluding hydrogens is 487 g/mol. The number of hydrogen-bond acceptors (Lipinski definition) is 6. The number of rotatable bonds is 7. The van der Waals surface area contributed by atoms with Crippen molar-refractivity contribution in [2.75, 3.05) is 25.6 Å². The second-order valence-electron chi connectivity index (χ2n) is 8.52. The van der Waals surface area contributed by atoms with Crippen LogP contribution in [0.1, 0.15) is 11.1 Å². The molecule has 1 aromatic heterocycles. The van der Waals surface area contributed by atoms with Crippen molar-refractivity contribution >= 4 is 22.5 Å². The molecule has 1 fully saturated rings. The Morgan fingerprint density at radius 3 is 2.38 bits per heavy atom. The number of halogens is 3. The Kier molecular flexibility index (Phi) is 6.66. The van der Waals surface area contributed by atoms with Crippen molar-refractivity contribution in [1.82, 2.24) is 9.97 Å². The summed E-state index contributed by atoms with van der Waals surface area (Å²) in [5.74, 6) is 0.801. The molecule has 2 heterocycles. The first-order valence-corrected chi connectivity index (χ1v) is 11.4. The van der Waals surface area contributed by atoms with E-state index in [1.165, 1.54) is 18.5 Å². The van der Waals surface area contributed by atoms with Gasteiger partial charge in [0.25, 0.3) is 0 Å². The van der Waals surface area contributed by atoms with Gasteiger partial charge in [-0.05, 0) is 35.9 Å². The second kappa shape index (κ2) is 10.1. The lowest BCUT2D eigenvalue weighted by Gasteiger charge is -2.27. The summed E-state index contributed by atoms with van der Waals surface area (Å²) in [5.41, 5.74) is 2.46. The predicted octanol–water partition coefficient (Wildman–Crippen LogP) is 5.28. The number of nitrogens with zero attached hydrogens (tertiary/aromatic N) is 2. The molecule has 1 aliphatic rings. The number of methoxy groups -OCH3 is 1. The molecule has 5 rings (SSSR count). The molecular formula is C27H22F3N3O4. The highest BCUT2D eigenvalue weighted by Crippen LogP contribution is 2.36. The maximum Gasteiger partial charge on any atom is 0.416 e. The van der Waals surface area contributed by atoms with Crippen LogP contribution in [0.15, 0.2) is 67.0 Å². The van der Waals surface area contributed by atoms with Gasteiger partial charge in [-0.1, -0.05) is 24.3 Å². The zero-order valence-corrected chi connectivity index (χ0v) is 19.7. The molecule has 0 bridgehead atoms. The molecule has 0 saturated carbocycles. The van der Waals surface area contributed by atoms with Gasteiger partial charge in [-0.15, -0.1) is 0 Å². The standard InChI is InChI=1S/C27H22F3N3O4/c1-35-23-12-22-21(11-24(23)37-20-13-36-14-20)26(32-15-31-22)17-4-8-19(9-5-17)33-25(34)10-16-2-6-18(7-3-16)27(28,29)30/h2-9,11-12,15,20H,10,13-14H2,1H3,(H,33,34).